The van der Waals surface area contributed by atoms with Gasteiger partial charge in [-0.05, 0) is 49.7 Å². The van der Waals surface area contributed by atoms with E-state index < -0.39 is 0 Å². The molecule has 0 saturated carbocycles. The lowest BCUT2D eigenvalue weighted by molar-refractivity contribution is 0.146. The Bertz CT molecular complexity index is 538. The topological polar surface area (TPSA) is 55.3 Å². The predicted molar refractivity (Wildman–Crippen MR) is 84.8 cm³/mol. The highest BCUT2D eigenvalue weighted by molar-refractivity contribution is 5.14. The number of aromatic nitrogens is 1. The number of likely N-dealkylation sites (N-methyl/N-ethyl adjacent to an activating group) is 1. The predicted octanol–water partition coefficient (Wildman–Crippen LogP) is 3.28. The minimum Gasteiger partial charge on any atom is -0.465 e. The molecule has 4 heteroatoms. The van der Waals surface area contributed by atoms with E-state index in [1.807, 2.05) is 43.6 Å². The molecule has 2 rings (SSSR count). The van der Waals surface area contributed by atoms with Gasteiger partial charge in [-0.2, -0.15) is 0 Å². The number of rotatable bonds is 7. The van der Waals surface area contributed by atoms with Gasteiger partial charge in [0.05, 0.1) is 6.04 Å². The van der Waals surface area contributed by atoms with Crippen molar-refractivity contribution in [3.8, 4) is 0 Å². The largest absolute Gasteiger partial charge is 0.465 e. The zero-order chi connectivity index (χ0) is 15.2. The van der Waals surface area contributed by atoms with Gasteiger partial charge in [-0.25, -0.2) is 0 Å². The van der Waals surface area contributed by atoms with E-state index in [1.54, 1.807) is 0 Å². The first-order chi connectivity index (χ1) is 10.2. The van der Waals surface area contributed by atoms with Crippen LogP contribution in [0.2, 0.25) is 0 Å². The van der Waals surface area contributed by atoms with Crippen molar-refractivity contribution in [3.63, 3.8) is 0 Å². The molecule has 0 aliphatic rings. The summed E-state index contributed by atoms with van der Waals surface area (Å²) in [5, 5.41) is 0. The van der Waals surface area contributed by atoms with Crippen molar-refractivity contribution in [2.45, 2.75) is 45.8 Å². The van der Waals surface area contributed by atoms with E-state index in [4.69, 9.17) is 10.2 Å². The van der Waals surface area contributed by atoms with Crippen LogP contribution in [0.25, 0.3) is 0 Å². The van der Waals surface area contributed by atoms with Crippen LogP contribution in [0, 0.1) is 6.92 Å². The molecule has 2 atom stereocenters. The van der Waals surface area contributed by atoms with Crippen molar-refractivity contribution < 1.29 is 4.42 Å². The van der Waals surface area contributed by atoms with E-state index in [2.05, 4.69) is 23.7 Å². The van der Waals surface area contributed by atoms with Crippen molar-refractivity contribution in [1.82, 2.24) is 9.88 Å². The van der Waals surface area contributed by atoms with Gasteiger partial charge in [0.25, 0.3) is 0 Å². The van der Waals surface area contributed by atoms with Gasteiger partial charge in [-0.3, -0.25) is 9.88 Å². The molecule has 0 fully saturated rings. The van der Waals surface area contributed by atoms with Gasteiger partial charge in [0.2, 0.25) is 0 Å². The summed E-state index contributed by atoms with van der Waals surface area (Å²) in [6, 6.07) is 8.30. The fourth-order valence-electron chi connectivity index (χ4n) is 2.63. The number of aryl methyl sites for hydroxylation is 1. The summed E-state index contributed by atoms with van der Waals surface area (Å²) in [5.74, 6) is 1.89. The molecule has 0 aliphatic heterocycles. The lowest BCUT2D eigenvalue weighted by atomic mass is 10.0. The molecule has 2 N–H and O–H groups in total. The van der Waals surface area contributed by atoms with Crippen molar-refractivity contribution in [1.29, 1.82) is 0 Å². The molecule has 2 unspecified atom stereocenters. The molecule has 0 spiro atoms. The maximum absolute atomic E-state index is 6.37. The van der Waals surface area contributed by atoms with Gasteiger partial charge >= 0.3 is 0 Å². The summed E-state index contributed by atoms with van der Waals surface area (Å²) in [5.41, 5.74) is 7.61. The maximum atomic E-state index is 6.37. The molecular weight excluding hydrogens is 262 g/mol. The minimum atomic E-state index is 0.0531. The summed E-state index contributed by atoms with van der Waals surface area (Å²) in [6.07, 6.45) is 4.57. The van der Waals surface area contributed by atoms with E-state index >= 15 is 0 Å². The van der Waals surface area contributed by atoms with Crippen molar-refractivity contribution in [2.75, 3.05) is 6.54 Å². The maximum Gasteiger partial charge on any atom is 0.122 e. The second-order valence-corrected chi connectivity index (χ2v) is 5.38. The van der Waals surface area contributed by atoms with Crippen LogP contribution in [-0.2, 0) is 6.54 Å². The van der Waals surface area contributed by atoms with E-state index in [1.165, 1.54) is 5.56 Å². The molecule has 2 heterocycles. The second-order valence-electron chi connectivity index (χ2n) is 5.38. The van der Waals surface area contributed by atoms with Crippen molar-refractivity contribution in [3.05, 3.63) is 53.7 Å². The SMILES string of the molecule is CCC(N)C(c1ccc(C)o1)N(CC)Cc1ccncc1. The van der Waals surface area contributed by atoms with Gasteiger partial charge in [-0.15, -0.1) is 0 Å². The minimum absolute atomic E-state index is 0.0531. The molecule has 0 bridgehead atoms. The van der Waals surface area contributed by atoms with E-state index in [9.17, 15) is 0 Å². The molecule has 114 valence electrons. The van der Waals surface area contributed by atoms with Crippen LogP contribution >= 0.6 is 0 Å². The first kappa shape index (κ1) is 15.7. The Morgan fingerprint density at radius 1 is 1.19 bits per heavy atom. The Balaban J connectivity index is 2.25. The molecule has 21 heavy (non-hydrogen) atoms. The smallest absolute Gasteiger partial charge is 0.122 e. The molecule has 0 aliphatic carbocycles. The summed E-state index contributed by atoms with van der Waals surface area (Å²) in [7, 11) is 0. The summed E-state index contributed by atoms with van der Waals surface area (Å²) < 4.78 is 5.86. The van der Waals surface area contributed by atoms with Crippen molar-refractivity contribution >= 4 is 0 Å². The standard InChI is InChI=1S/C17H25N3O/c1-4-15(18)17(16-7-6-13(3)21-16)20(5-2)12-14-8-10-19-11-9-14/h6-11,15,17H,4-5,12,18H2,1-3H3. The lowest BCUT2D eigenvalue weighted by Gasteiger charge is -2.33. The molecular formula is C17H25N3O. The normalized spacial score (nSPS) is 14.3. The lowest BCUT2D eigenvalue weighted by Crippen LogP contribution is -2.40. The molecule has 0 aromatic carbocycles. The monoisotopic (exact) mass is 287 g/mol. The average molecular weight is 287 g/mol. The molecule has 0 amide bonds. The van der Waals surface area contributed by atoms with Gasteiger partial charge in [0.15, 0.2) is 0 Å². The highest BCUT2D eigenvalue weighted by atomic mass is 16.3. The van der Waals surface area contributed by atoms with Gasteiger partial charge in [0, 0.05) is 25.0 Å². The average Bonchev–Trinajstić information content (AvgIpc) is 2.93. The van der Waals surface area contributed by atoms with Crippen LogP contribution in [-0.4, -0.2) is 22.5 Å². The first-order valence-electron chi connectivity index (χ1n) is 7.60. The molecule has 4 nitrogen and oxygen atoms in total. The van der Waals surface area contributed by atoms with Crippen LogP contribution in [0.1, 0.15) is 43.4 Å². The number of nitrogens with two attached hydrogens (primary N) is 1. The van der Waals surface area contributed by atoms with E-state index in [0.717, 1.165) is 31.0 Å². The number of pyridine rings is 1. The van der Waals surface area contributed by atoms with Crippen LogP contribution in [0.15, 0.2) is 41.1 Å². The zero-order valence-corrected chi connectivity index (χ0v) is 13.1. The molecule has 2 aromatic rings. The van der Waals surface area contributed by atoms with E-state index in [-0.39, 0.29) is 12.1 Å². The van der Waals surface area contributed by atoms with Crippen molar-refractivity contribution in [2.24, 2.45) is 5.73 Å². The Hall–Kier alpha value is -1.65. The highest BCUT2D eigenvalue weighted by Crippen LogP contribution is 2.28. The number of furan rings is 1. The molecule has 2 aromatic heterocycles. The number of nitrogens with zero attached hydrogens (tertiary/aromatic N) is 2. The zero-order valence-electron chi connectivity index (χ0n) is 13.1. The Morgan fingerprint density at radius 2 is 1.90 bits per heavy atom. The Labute approximate surface area is 127 Å². The Kier molecular flexibility index (Phi) is 5.53. The van der Waals surface area contributed by atoms with Gasteiger partial charge < -0.3 is 10.2 Å². The van der Waals surface area contributed by atoms with E-state index in [0.29, 0.717) is 0 Å². The van der Waals surface area contributed by atoms with Gasteiger partial charge in [-0.1, -0.05) is 13.8 Å². The molecule has 0 radical (unpaired) electrons. The third-order valence-corrected chi connectivity index (χ3v) is 3.86. The molecule has 0 saturated heterocycles. The number of hydrogen-bond donors (Lipinski definition) is 1. The third-order valence-electron chi connectivity index (χ3n) is 3.86. The third kappa shape index (κ3) is 3.93. The van der Waals surface area contributed by atoms with Crippen LogP contribution in [0.3, 0.4) is 0 Å². The first-order valence-corrected chi connectivity index (χ1v) is 7.60. The van der Waals surface area contributed by atoms with Crippen LogP contribution < -0.4 is 5.73 Å². The Morgan fingerprint density at radius 3 is 2.43 bits per heavy atom. The van der Waals surface area contributed by atoms with Crippen LogP contribution in [0.5, 0.6) is 0 Å². The fraction of sp³-hybridized carbons (Fsp3) is 0.471. The second kappa shape index (κ2) is 7.38. The number of hydrogen-bond acceptors (Lipinski definition) is 4. The summed E-state index contributed by atoms with van der Waals surface area (Å²) in [6.45, 7) is 8.01. The van der Waals surface area contributed by atoms with Gasteiger partial charge in [0.1, 0.15) is 11.5 Å². The summed E-state index contributed by atoms with van der Waals surface area (Å²) in [4.78, 5) is 6.44. The highest BCUT2D eigenvalue weighted by Gasteiger charge is 2.27. The summed E-state index contributed by atoms with van der Waals surface area (Å²) >= 11 is 0. The fourth-order valence-corrected chi connectivity index (χ4v) is 2.63. The van der Waals surface area contributed by atoms with Crippen LogP contribution in [0.4, 0.5) is 0 Å². The quantitative estimate of drug-likeness (QED) is 0.849.